The van der Waals surface area contributed by atoms with E-state index in [4.69, 9.17) is 0 Å². The van der Waals surface area contributed by atoms with E-state index in [1.54, 1.807) is 36.8 Å². The van der Waals surface area contributed by atoms with Crippen LogP contribution in [0.2, 0.25) is 0 Å². The summed E-state index contributed by atoms with van der Waals surface area (Å²) in [6, 6.07) is 18.1. The molecule has 1 N–H and O–H groups in total. The third kappa shape index (κ3) is 4.33. The Morgan fingerprint density at radius 1 is 0.871 bits per heavy atom. The topological polar surface area (TPSA) is 67.8 Å². The molecule has 0 unspecified atom stereocenters. The zero-order valence-corrected chi connectivity index (χ0v) is 17.0. The van der Waals surface area contributed by atoms with Gasteiger partial charge in [0.2, 0.25) is 5.91 Å². The van der Waals surface area contributed by atoms with Gasteiger partial charge in [0.25, 0.3) is 0 Å². The quantitative estimate of drug-likeness (QED) is 0.505. The second-order valence-corrected chi connectivity index (χ2v) is 7.31. The van der Waals surface area contributed by atoms with Gasteiger partial charge in [-0.05, 0) is 59.0 Å². The van der Waals surface area contributed by atoms with E-state index in [1.165, 1.54) is 19.1 Å². The first-order chi connectivity index (χ1) is 15.1. The van der Waals surface area contributed by atoms with Gasteiger partial charge in [-0.3, -0.25) is 14.8 Å². The van der Waals surface area contributed by atoms with Crippen molar-refractivity contribution in [1.82, 2.24) is 15.0 Å². The molecule has 0 atom stereocenters. The van der Waals surface area contributed by atoms with E-state index in [1.807, 2.05) is 42.7 Å². The summed E-state index contributed by atoms with van der Waals surface area (Å²) < 4.78 is 13.8. The Balaban J connectivity index is 1.89. The van der Waals surface area contributed by atoms with Gasteiger partial charge in [-0.2, -0.15) is 0 Å². The van der Waals surface area contributed by atoms with E-state index in [-0.39, 0.29) is 11.7 Å². The van der Waals surface area contributed by atoms with Crippen LogP contribution in [0.25, 0.3) is 0 Å². The van der Waals surface area contributed by atoms with Gasteiger partial charge in [0.15, 0.2) is 0 Å². The molecule has 0 fully saturated rings. The van der Waals surface area contributed by atoms with E-state index in [9.17, 15) is 9.18 Å². The van der Waals surface area contributed by atoms with E-state index < -0.39 is 5.41 Å². The molecule has 0 aliphatic carbocycles. The van der Waals surface area contributed by atoms with Crippen LogP contribution in [0.3, 0.4) is 0 Å². The predicted octanol–water partition coefficient (Wildman–Crippen LogP) is 4.55. The van der Waals surface area contributed by atoms with Crippen molar-refractivity contribution < 1.29 is 9.18 Å². The van der Waals surface area contributed by atoms with Gasteiger partial charge in [0.05, 0.1) is 5.41 Å². The number of aromatic nitrogens is 3. The Bertz CT molecular complexity index is 1110. The van der Waals surface area contributed by atoms with Crippen LogP contribution < -0.4 is 5.32 Å². The molecular formula is C25H21FN4O. The number of nitrogens with one attached hydrogen (secondary N) is 1. The largest absolute Gasteiger partial charge is 0.311 e. The molecule has 0 spiro atoms. The maximum atomic E-state index is 13.8. The summed E-state index contributed by atoms with van der Waals surface area (Å²) in [5.74, 6) is 0.0226. The number of halogens is 1. The Morgan fingerprint density at radius 3 is 2.00 bits per heavy atom. The molecule has 1 amide bonds. The number of pyridine rings is 3. The second-order valence-electron chi connectivity index (χ2n) is 7.31. The van der Waals surface area contributed by atoms with Crippen LogP contribution in [0.1, 0.15) is 29.2 Å². The van der Waals surface area contributed by atoms with E-state index >= 15 is 0 Å². The molecule has 154 valence electrons. The van der Waals surface area contributed by atoms with Gasteiger partial charge in [-0.1, -0.05) is 30.3 Å². The van der Waals surface area contributed by atoms with Crippen LogP contribution in [0.4, 0.5) is 10.2 Å². The highest BCUT2D eigenvalue weighted by atomic mass is 19.1. The SMILES string of the molecule is CC(=O)Nc1ccc(CC(c2ccc(F)cc2)(c2cccnc2)c2cccnc2)cn1. The average Bonchev–Trinajstić information content (AvgIpc) is 2.80. The number of carbonyl (C=O) groups excluding carboxylic acids is 1. The second kappa shape index (κ2) is 8.83. The maximum absolute atomic E-state index is 13.8. The lowest BCUT2D eigenvalue weighted by Crippen LogP contribution is -2.32. The highest BCUT2D eigenvalue weighted by Crippen LogP contribution is 2.41. The summed E-state index contributed by atoms with van der Waals surface area (Å²) in [6.45, 7) is 1.44. The van der Waals surface area contributed by atoms with Gasteiger partial charge < -0.3 is 5.32 Å². The number of rotatable bonds is 6. The first-order valence-corrected chi connectivity index (χ1v) is 9.87. The number of nitrogens with zero attached hydrogens (tertiary/aromatic N) is 3. The molecule has 0 radical (unpaired) electrons. The first-order valence-electron chi connectivity index (χ1n) is 9.87. The molecule has 4 aromatic rings. The van der Waals surface area contributed by atoms with Crippen molar-refractivity contribution in [2.75, 3.05) is 5.32 Å². The summed E-state index contributed by atoms with van der Waals surface area (Å²) >= 11 is 0. The Labute approximate surface area is 180 Å². The van der Waals surface area contributed by atoms with Crippen molar-refractivity contribution >= 4 is 11.7 Å². The minimum atomic E-state index is -0.659. The molecule has 3 aromatic heterocycles. The Kier molecular flexibility index (Phi) is 5.80. The van der Waals surface area contributed by atoms with Crippen molar-refractivity contribution in [2.24, 2.45) is 0 Å². The summed E-state index contributed by atoms with van der Waals surface area (Å²) in [5, 5.41) is 2.68. The molecule has 0 bridgehead atoms. The third-order valence-electron chi connectivity index (χ3n) is 5.24. The number of hydrogen-bond donors (Lipinski definition) is 1. The fraction of sp³-hybridized carbons (Fsp3) is 0.120. The number of carbonyl (C=O) groups is 1. The molecule has 0 aliphatic heterocycles. The van der Waals surface area contributed by atoms with Gasteiger partial charge in [0.1, 0.15) is 11.6 Å². The Hall–Kier alpha value is -3.93. The molecule has 4 rings (SSSR count). The van der Waals surface area contributed by atoms with Crippen LogP contribution in [0.5, 0.6) is 0 Å². The van der Waals surface area contributed by atoms with Crippen LogP contribution in [-0.2, 0) is 16.6 Å². The zero-order valence-electron chi connectivity index (χ0n) is 17.0. The van der Waals surface area contributed by atoms with E-state index in [0.717, 1.165) is 22.3 Å². The van der Waals surface area contributed by atoms with Gasteiger partial charge in [-0.15, -0.1) is 0 Å². The van der Waals surface area contributed by atoms with Crippen LogP contribution in [0.15, 0.2) is 91.6 Å². The lowest BCUT2D eigenvalue weighted by molar-refractivity contribution is -0.114. The molecule has 0 saturated carbocycles. The van der Waals surface area contributed by atoms with E-state index in [0.29, 0.717) is 12.2 Å². The number of hydrogen-bond acceptors (Lipinski definition) is 4. The minimum Gasteiger partial charge on any atom is -0.311 e. The zero-order chi connectivity index (χ0) is 21.7. The number of anilines is 1. The summed E-state index contributed by atoms with van der Waals surface area (Å²) in [7, 11) is 0. The number of benzene rings is 1. The standard InChI is InChI=1S/C25H21FN4O/c1-18(31)30-24-11-6-19(15-29-24)14-25(21-4-2-12-27-16-21,22-5-3-13-28-17-22)20-7-9-23(26)10-8-20/h2-13,15-17H,14H2,1H3,(H,29,30,31). The Morgan fingerprint density at radius 2 is 1.52 bits per heavy atom. The lowest BCUT2D eigenvalue weighted by atomic mass is 9.67. The van der Waals surface area contributed by atoms with Crippen molar-refractivity contribution in [2.45, 2.75) is 18.8 Å². The molecule has 6 heteroatoms. The monoisotopic (exact) mass is 412 g/mol. The molecule has 0 aliphatic rings. The van der Waals surface area contributed by atoms with Gasteiger partial charge in [0, 0.05) is 37.9 Å². The fourth-order valence-electron chi connectivity index (χ4n) is 3.86. The maximum Gasteiger partial charge on any atom is 0.222 e. The molecular weight excluding hydrogens is 391 g/mol. The lowest BCUT2D eigenvalue weighted by Gasteiger charge is -2.35. The first kappa shape index (κ1) is 20.3. The summed E-state index contributed by atoms with van der Waals surface area (Å²) in [5.41, 5.74) is 3.13. The number of amides is 1. The van der Waals surface area contributed by atoms with Crippen molar-refractivity contribution in [1.29, 1.82) is 0 Å². The van der Waals surface area contributed by atoms with Crippen LogP contribution >= 0.6 is 0 Å². The predicted molar refractivity (Wildman–Crippen MR) is 117 cm³/mol. The molecule has 1 aromatic carbocycles. The van der Waals surface area contributed by atoms with Gasteiger partial charge in [-0.25, -0.2) is 9.37 Å². The van der Waals surface area contributed by atoms with Crippen molar-refractivity contribution in [3.8, 4) is 0 Å². The minimum absolute atomic E-state index is 0.174. The average molecular weight is 412 g/mol. The molecule has 3 heterocycles. The molecule has 31 heavy (non-hydrogen) atoms. The van der Waals surface area contributed by atoms with Gasteiger partial charge >= 0.3 is 0 Å². The third-order valence-corrected chi connectivity index (χ3v) is 5.24. The molecule has 5 nitrogen and oxygen atoms in total. The van der Waals surface area contributed by atoms with E-state index in [2.05, 4.69) is 20.3 Å². The highest BCUT2D eigenvalue weighted by molar-refractivity contribution is 5.87. The fourth-order valence-corrected chi connectivity index (χ4v) is 3.86. The normalized spacial score (nSPS) is 11.2. The summed E-state index contributed by atoms with van der Waals surface area (Å²) in [4.78, 5) is 24.4. The van der Waals surface area contributed by atoms with Crippen molar-refractivity contribution in [3.63, 3.8) is 0 Å². The highest BCUT2D eigenvalue weighted by Gasteiger charge is 2.37. The van der Waals surface area contributed by atoms with Crippen LogP contribution in [-0.4, -0.2) is 20.9 Å². The molecule has 0 saturated heterocycles. The van der Waals surface area contributed by atoms with Crippen LogP contribution in [0, 0.1) is 5.82 Å². The smallest absolute Gasteiger partial charge is 0.222 e. The van der Waals surface area contributed by atoms with Crippen molar-refractivity contribution in [3.05, 3.63) is 120 Å². The summed E-state index contributed by atoms with van der Waals surface area (Å²) in [6.07, 6.45) is 9.41.